The van der Waals surface area contributed by atoms with E-state index in [1.165, 1.54) is 6.08 Å². The van der Waals surface area contributed by atoms with E-state index in [9.17, 15) is 14.7 Å². The molecule has 0 radical (unpaired) electrons. The lowest BCUT2D eigenvalue weighted by atomic mass is 9.97. The highest BCUT2D eigenvalue weighted by molar-refractivity contribution is 6.87. The summed E-state index contributed by atoms with van der Waals surface area (Å²) in [5, 5.41) is 12.5. The van der Waals surface area contributed by atoms with Crippen LogP contribution in [0.2, 0.25) is 51.9 Å². The molecule has 0 saturated carbocycles. The maximum atomic E-state index is 12.8. The molecule has 0 atom stereocenters. The molecule has 0 fully saturated rings. The van der Waals surface area contributed by atoms with Crippen LogP contribution in [0.25, 0.3) is 5.57 Å². The first-order valence-electron chi connectivity index (χ1n) is 12.6. The van der Waals surface area contributed by atoms with Gasteiger partial charge in [-0.3, -0.25) is 4.79 Å². The van der Waals surface area contributed by atoms with Crippen LogP contribution < -0.4 is 5.32 Å². The van der Waals surface area contributed by atoms with Crippen molar-refractivity contribution in [1.82, 2.24) is 5.32 Å². The first-order chi connectivity index (χ1) is 17.2. The highest BCUT2D eigenvalue weighted by atomic mass is 28.5. The van der Waals surface area contributed by atoms with Crippen molar-refractivity contribution in [2.75, 3.05) is 6.54 Å². The Bertz CT molecular complexity index is 1050. The molecule has 2 aromatic carbocycles. The Balaban J connectivity index is 2.16. The average Bonchev–Trinajstić information content (AvgIpc) is 2.78. The van der Waals surface area contributed by atoms with Crippen LogP contribution in [0.1, 0.15) is 17.5 Å². The Kier molecular flexibility index (Phi) is 11.0. The third kappa shape index (κ3) is 11.1. The number of rotatable bonds is 13. The van der Waals surface area contributed by atoms with Gasteiger partial charge in [-0.25, -0.2) is 4.79 Å². The average molecular weight is 556 g/mol. The zero-order valence-electron chi connectivity index (χ0n) is 23.1. The number of carboxylic acids is 1. The van der Waals surface area contributed by atoms with Crippen LogP contribution in [0.3, 0.4) is 0 Å². The lowest BCUT2D eigenvalue weighted by molar-refractivity contribution is -0.135. The number of carbonyl (C=O) groups is 2. The standard InChI is InChI=1S/C28H41NO5Si3/c1-35(2,3)33-37(7,34-36(4,5)6)22-14-21-29-27(30)26(28(31)32)20-19-25(23-15-10-8-11-16-23)24-17-12-9-13-18-24/h8-13,15-20H,14,21-22H2,1-7H3,(H,29,30)(H,31,32). The second-order valence-electron chi connectivity index (χ2n) is 11.1. The third-order valence-electron chi connectivity index (χ3n) is 5.20. The van der Waals surface area contributed by atoms with Gasteiger partial charge in [0, 0.05) is 6.54 Å². The van der Waals surface area contributed by atoms with Crippen molar-refractivity contribution in [2.24, 2.45) is 0 Å². The molecule has 2 N–H and O–H groups in total. The van der Waals surface area contributed by atoms with Crippen molar-refractivity contribution in [3.8, 4) is 0 Å². The van der Waals surface area contributed by atoms with Gasteiger partial charge < -0.3 is 18.7 Å². The maximum absolute atomic E-state index is 12.8. The SMILES string of the molecule is C[Si](C)(C)O[Si](C)(CCCNC(=O)C(=CC=C(c1ccccc1)c1ccccc1)C(=O)O)O[Si](C)(C)C. The summed E-state index contributed by atoms with van der Waals surface area (Å²) in [5.74, 6) is -1.87. The van der Waals surface area contributed by atoms with Gasteiger partial charge in [-0.05, 0) is 81.1 Å². The van der Waals surface area contributed by atoms with Crippen molar-refractivity contribution < 1.29 is 22.9 Å². The second-order valence-corrected chi connectivity index (χ2v) is 24.0. The van der Waals surface area contributed by atoms with E-state index in [4.69, 9.17) is 8.23 Å². The molecule has 0 heterocycles. The minimum absolute atomic E-state index is 0.305. The van der Waals surface area contributed by atoms with E-state index in [1.54, 1.807) is 6.08 Å². The number of carboxylic acid groups (broad SMARTS) is 1. The summed E-state index contributed by atoms with van der Waals surface area (Å²) in [6.07, 6.45) is 3.74. The molecule has 37 heavy (non-hydrogen) atoms. The molecule has 0 bridgehead atoms. The predicted octanol–water partition coefficient (Wildman–Crippen LogP) is 6.41. The van der Waals surface area contributed by atoms with Crippen LogP contribution in [-0.2, 0) is 17.8 Å². The molecule has 6 nitrogen and oxygen atoms in total. The van der Waals surface area contributed by atoms with E-state index in [0.29, 0.717) is 13.0 Å². The van der Waals surface area contributed by atoms with E-state index in [0.717, 1.165) is 22.7 Å². The lowest BCUT2D eigenvalue weighted by Gasteiger charge is -2.38. The van der Waals surface area contributed by atoms with Gasteiger partial charge in [-0.15, -0.1) is 0 Å². The van der Waals surface area contributed by atoms with Crippen molar-refractivity contribution in [2.45, 2.75) is 58.3 Å². The first-order valence-corrected chi connectivity index (χ1v) is 22.0. The van der Waals surface area contributed by atoms with Gasteiger partial charge in [-0.1, -0.05) is 66.7 Å². The maximum Gasteiger partial charge on any atom is 0.341 e. The molecule has 0 aliphatic rings. The number of allylic oxidation sites excluding steroid dienone is 2. The summed E-state index contributed by atoms with van der Waals surface area (Å²) in [7, 11) is -6.03. The van der Waals surface area contributed by atoms with Crippen molar-refractivity contribution in [3.05, 3.63) is 89.5 Å². The molecular weight excluding hydrogens is 515 g/mol. The number of hydrogen-bond acceptors (Lipinski definition) is 4. The van der Waals surface area contributed by atoms with Crippen molar-refractivity contribution in [1.29, 1.82) is 0 Å². The predicted molar refractivity (Wildman–Crippen MR) is 159 cm³/mol. The Hall–Kier alpha value is -2.57. The van der Waals surface area contributed by atoms with Gasteiger partial charge in [-0.2, -0.15) is 0 Å². The molecule has 0 aliphatic heterocycles. The first kappa shape index (κ1) is 30.7. The number of amides is 1. The van der Waals surface area contributed by atoms with Crippen LogP contribution in [-0.4, -0.2) is 48.7 Å². The van der Waals surface area contributed by atoms with Crippen LogP contribution in [0.4, 0.5) is 0 Å². The van der Waals surface area contributed by atoms with Gasteiger partial charge in [0.1, 0.15) is 5.57 Å². The molecule has 0 aromatic heterocycles. The zero-order valence-corrected chi connectivity index (χ0v) is 26.1. The minimum Gasteiger partial charge on any atom is -0.477 e. The van der Waals surface area contributed by atoms with E-state index in [1.807, 2.05) is 60.7 Å². The monoisotopic (exact) mass is 555 g/mol. The topological polar surface area (TPSA) is 84.9 Å². The molecule has 0 aliphatic carbocycles. The smallest absolute Gasteiger partial charge is 0.341 e. The molecule has 0 saturated heterocycles. The quantitative estimate of drug-likeness (QED) is 0.0745. The molecular formula is C28H41NO5Si3. The highest BCUT2D eigenvalue weighted by Crippen LogP contribution is 2.26. The highest BCUT2D eigenvalue weighted by Gasteiger charge is 2.39. The van der Waals surface area contributed by atoms with E-state index in [-0.39, 0.29) is 5.57 Å². The summed E-state index contributed by atoms with van der Waals surface area (Å²) < 4.78 is 13.0. The van der Waals surface area contributed by atoms with Crippen molar-refractivity contribution >= 4 is 42.6 Å². The summed E-state index contributed by atoms with van der Waals surface area (Å²) in [6, 6.07) is 20.1. The van der Waals surface area contributed by atoms with Crippen LogP contribution in [0.5, 0.6) is 0 Å². The number of nitrogens with one attached hydrogen (secondary N) is 1. The number of hydrogen-bond donors (Lipinski definition) is 2. The fraction of sp³-hybridized carbons (Fsp3) is 0.357. The van der Waals surface area contributed by atoms with Crippen LogP contribution in [0, 0.1) is 0 Å². The zero-order chi connectivity index (χ0) is 27.7. The van der Waals surface area contributed by atoms with Gasteiger partial charge >= 0.3 is 14.5 Å². The third-order valence-corrected chi connectivity index (χ3v) is 14.8. The molecule has 2 rings (SSSR count). The molecule has 2 aromatic rings. The molecule has 0 spiro atoms. The Morgan fingerprint density at radius 1 is 0.784 bits per heavy atom. The number of aliphatic carboxylic acids is 1. The summed E-state index contributed by atoms with van der Waals surface area (Å²) in [4.78, 5) is 24.8. The van der Waals surface area contributed by atoms with E-state index < -0.39 is 37.1 Å². The summed E-state index contributed by atoms with van der Waals surface area (Å²) in [6.45, 7) is 15.4. The molecule has 200 valence electrons. The van der Waals surface area contributed by atoms with E-state index in [2.05, 4.69) is 51.1 Å². The molecule has 9 heteroatoms. The van der Waals surface area contributed by atoms with Gasteiger partial charge in [0.05, 0.1) is 0 Å². The Morgan fingerprint density at radius 3 is 1.65 bits per heavy atom. The normalized spacial score (nSPS) is 12.7. The van der Waals surface area contributed by atoms with Crippen LogP contribution >= 0.6 is 0 Å². The summed E-state index contributed by atoms with van der Waals surface area (Å²) >= 11 is 0. The van der Waals surface area contributed by atoms with Crippen molar-refractivity contribution in [3.63, 3.8) is 0 Å². The van der Waals surface area contributed by atoms with Gasteiger partial charge in [0.25, 0.3) is 5.91 Å². The minimum atomic E-state index is -2.41. The fourth-order valence-electron chi connectivity index (χ4n) is 4.13. The molecule has 1 amide bonds. The fourth-order valence-corrected chi connectivity index (χ4v) is 16.7. The second kappa shape index (κ2) is 13.3. The Labute approximate surface area is 224 Å². The Morgan fingerprint density at radius 2 is 1.24 bits per heavy atom. The van der Waals surface area contributed by atoms with Crippen LogP contribution in [0.15, 0.2) is 78.4 Å². The number of benzene rings is 2. The summed E-state index contributed by atoms with van der Waals surface area (Å²) in [5.41, 5.74) is 2.40. The number of carbonyl (C=O) groups excluding carboxylic acids is 1. The molecule has 0 unspecified atom stereocenters. The van der Waals surface area contributed by atoms with E-state index >= 15 is 0 Å². The lowest BCUT2D eigenvalue weighted by Crippen LogP contribution is -2.52. The van der Waals surface area contributed by atoms with Gasteiger partial charge in [0.15, 0.2) is 16.6 Å². The van der Waals surface area contributed by atoms with Gasteiger partial charge in [0.2, 0.25) is 0 Å². The largest absolute Gasteiger partial charge is 0.477 e.